The Balaban J connectivity index is 1.52. The van der Waals surface area contributed by atoms with E-state index in [0.717, 1.165) is 18.5 Å². The van der Waals surface area contributed by atoms with Gasteiger partial charge in [-0.05, 0) is 59.6 Å². The van der Waals surface area contributed by atoms with Crippen LogP contribution in [0, 0.1) is 5.82 Å². The molecule has 2 heterocycles. The minimum absolute atomic E-state index is 0.0175. The van der Waals surface area contributed by atoms with Gasteiger partial charge in [-0.15, -0.1) is 0 Å². The minimum Gasteiger partial charge on any atom is -0.463 e. The van der Waals surface area contributed by atoms with Crippen LogP contribution in [-0.4, -0.2) is 36.7 Å². The molecule has 5 rings (SSSR count). The molecular weight excluding hydrogens is 377 g/mol. The van der Waals surface area contributed by atoms with Crippen LogP contribution in [-0.2, 0) is 11.2 Å². The van der Waals surface area contributed by atoms with Gasteiger partial charge in [0.25, 0.3) is 6.02 Å². The molecular formula is C25H30FN3O. The lowest BCUT2D eigenvalue weighted by Gasteiger charge is -2.38. The van der Waals surface area contributed by atoms with Gasteiger partial charge in [-0.2, -0.15) is 0 Å². The van der Waals surface area contributed by atoms with Crippen molar-refractivity contribution in [1.29, 1.82) is 0 Å². The zero-order valence-electron chi connectivity index (χ0n) is 17.4. The van der Waals surface area contributed by atoms with Crippen LogP contribution in [0.2, 0.25) is 0 Å². The summed E-state index contributed by atoms with van der Waals surface area (Å²) in [6.07, 6.45) is 7.62. The van der Waals surface area contributed by atoms with E-state index in [1.807, 2.05) is 12.1 Å². The van der Waals surface area contributed by atoms with E-state index in [0.29, 0.717) is 25.1 Å². The molecule has 0 unspecified atom stereocenters. The number of amidine groups is 1. The largest absolute Gasteiger partial charge is 0.463 e. The number of nitrogens with two attached hydrogens (primary N) is 1. The lowest BCUT2D eigenvalue weighted by molar-refractivity contribution is 0.224. The Morgan fingerprint density at radius 2 is 1.80 bits per heavy atom. The van der Waals surface area contributed by atoms with Gasteiger partial charge in [-0.1, -0.05) is 49.6 Å². The minimum atomic E-state index is -0.216. The van der Waals surface area contributed by atoms with Gasteiger partial charge < -0.3 is 15.4 Å². The highest BCUT2D eigenvalue weighted by Crippen LogP contribution is 2.39. The third-order valence-corrected chi connectivity index (χ3v) is 6.87. The Kier molecular flexibility index (Phi) is 5.47. The highest BCUT2D eigenvalue weighted by molar-refractivity contribution is 5.77. The number of ether oxygens (including phenoxy) is 1. The Bertz CT molecular complexity index is 920. The molecule has 0 saturated heterocycles. The molecule has 0 bridgehead atoms. The second kappa shape index (κ2) is 8.38. The smallest absolute Gasteiger partial charge is 0.288 e. The molecule has 0 amide bonds. The first-order valence-corrected chi connectivity index (χ1v) is 11.3. The number of aliphatic imine (C=N–C) groups is 1. The summed E-state index contributed by atoms with van der Waals surface area (Å²) in [6.45, 7) is 1.85. The zero-order valence-corrected chi connectivity index (χ0v) is 17.4. The predicted molar refractivity (Wildman–Crippen MR) is 117 cm³/mol. The van der Waals surface area contributed by atoms with Crippen molar-refractivity contribution in [2.24, 2.45) is 10.7 Å². The molecule has 1 saturated carbocycles. The standard InChI is InChI=1S/C25H30FN3O/c26-21-9-6-18(7-10-21)24-23-11-8-19(17-4-2-1-3-5-17)14-20(23)12-13-29(24)25-28-22(15-27)16-30-25/h6-11,14,17,22,24H,1-5,12-13,15-16,27H2/t22-,24-/m0/s1. The van der Waals surface area contributed by atoms with Gasteiger partial charge in [0.2, 0.25) is 0 Å². The van der Waals surface area contributed by atoms with Gasteiger partial charge in [0.1, 0.15) is 18.5 Å². The van der Waals surface area contributed by atoms with E-state index in [4.69, 9.17) is 15.5 Å². The van der Waals surface area contributed by atoms with Crippen molar-refractivity contribution in [3.63, 3.8) is 0 Å². The average molecular weight is 408 g/mol. The molecule has 30 heavy (non-hydrogen) atoms. The quantitative estimate of drug-likeness (QED) is 0.813. The molecule has 2 atom stereocenters. The maximum atomic E-state index is 13.6. The van der Waals surface area contributed by atoms with Crippen molar-refractivity contribution in [2.75, 3.05) is 19.7 Å². The molecule has 2 aromatic carbocycles. The van der Waals surface area contributed by atoms with Crippen LogP contribution in [0.15, 0.2) is 47.5 Å². The lowest BCUT2D eigenvalue weighted by atomic mass is 9.81. The Morgan fingerprint density at radius 1 is 1.03 bits per heavy atom. The second-order valence-electron chi connectivity index (χ2n) is 8.80. The van der Waals surface area contributed by atoms with Gasteiger partial charge in [-0.25, -0.2) is 9.38 Å². The van der Waals surface area contributed by atoms with Crippen LogP contribution in [0.3, 0.4) is 0 Å². The molecule has 0 radical (unpaired) electrons. The van der Waals surface area contributed by atoms with E-state index in [1.54, 1.807) is 0 Å². The SMILES string of the molecule is NC[C@H]1COC(N2CCc3cc(C4CCCCC4)ccc3[C@@H]2c2ccc(F)cc2)=N1. The maximum Gasteiger partial charge on any atom is 0.288 e. The van der Waals surface area contributed by atoms with E-state index in [2.05, 4.69) is 23.1 Å². The van der Waals surface area contributed by atoms with Crippen molar-refractivity contribution in [3.05, 3.63) is 70.5 Å². The zero-order chi connectivity index (χ0) is 20.5. The third kappa shape index (κ3) is 3.71. The van der Waals surface area contributed by atoms with Crippen LogP contribution in [0.1, 0.15) is 66.3 Å². The van der Waals surface area contributed by atoms with Crippen molar-refractivity contribution >= 4 is 6.02 Å². The van der Waals surface area contributed by atoms with Crippen molar-refractivity contribution in [2.45, 2.75) is 56.5 Å². The maximum absolute atomic E-state index is 13.6. The predicted octanol–water partition coefficient (Wildman–Crippen LogP) is 4.53. The summed E-state index contributed by atoms with van der Waals surface area (Å²) in [7, 11) is 0. The summed E-state index contributed by atoms with van der Waals surface area (Å²) in [6, 6.07) is 14.5. The van der Waals surface area contributed by atoms with E-state index in [9.17, 15) is 4.39 Å². The number of halogens is 1. The highest BCUT2D eigenvalue weighted by atomic mass is 19.1. The number of nitrogens with zero attached hydrogens (tertiary/aromatic N) is 2. The van der Waals surface area contributed by atoms with Crippen LogP contribution in [0.4, 0.5) is 4.39 Å². The van der Waals surface area contributed by atoms with Crippen molar-refractivity contribution in [3.8, 4) is 0 Å². The average Bonchev–Trinajstić information content (AvgIpc) is 3.28. The molecule has 158 valence electrons. The first-order valence-electron chi connectivity index (χ1n) is 11.3. The van der Waals surface area contributed by atoms with E-state index in [1.165, 1.54) is 60.9 Å². The number of hydrogen-bond donors (Lipinski definition) is 1. The summed E-state index contributed by atoms with van der Waals surface area (Å²) in [4.78, 5) is 6.94. The van der Waals surface area contributed by atoms with Gasteiger partial charge in [0.15, 0.2) is 0 Å². The number of benzene rings is 2. The molecule has 0 spiro atoms. The fourth-order valence-electron chi connectivity index (χ4n) is 5.23. The van der Waals surface area contributed by atoms with Crippen LogP contribution in [0.5, 0.6) is 0 Å². The third-order valence-electron chi connectivity index (χ3n) is 6.87. The van der Waals surface area contributed by atoms with E-state index >= 15 is 0 Å². The van der Waals surface area contributed by atoms with Crippen LogP contribution in [0.25, 0.3) is 0 Å². The summed E-state index contributed by atoms with van der Waals surface area (Å²) < 4.78 is 19.6. The monoisotopic (exact) mass is 407 g/mol. The van der Waals surface area contributed by atoms with Gasteiger partial charge >= 0.3 is 0 Å². The lowest BCUT2D eigenvalue weighted by Crippen LogP contribution is -2.40. The normalized spacial score (nSPS) is 24.3. The van der Waals surface area contributed by atoms with Crippen molar-refractivity contribution < 1.29 is 9.13 Å². The molecule has 3 aliphatic rings. The first-order chi connectivity index (χ1) is 14.7. The van der Waals surface area contributed by atoms with Gasteiger partial charge in [0.05, 0.1) is 6.04 Å². The van der Waals surface area contributed by atoms with Gasteiger partial charge in [0, 0.05) is 13.1 Å². The Labute approximate surface area is 177 Å². The van der Waals surface area contributed by atoms with E-state index in [-0.39, 0.29) is 17.9 Å². The number of rotatable bonds is 3. The summed E-state index contributed by atoms with van der Waals surface area (Å²) >= 11 is 0. The molecule has 5 heteroatoms. The fourth-order valence-corrected chi connectivity index (χ4v) is 5.23. The molecule has 4 nitrogen and oxygen atoms in total. The number of hydrogen-bond acceptors (Lipinski definition) is 4. The summed E-state index contributed by atoms with van der Waals surface area (Å²) in [5.74, 6) is 0.478. The van der Waals surface area contributed by atoms with Crippen molar-refractivity contribution in [1.82, 2.24) is 4.90 Å². The van der Waals surface area contributed by atoms with Gasteiger partial charge in [-0.3, -0.25) is 0 Å². The molecule has 0 aromatic heterocycles. The molecule has 1 aliphatic carbocycles. The molecule has 2 N–H and O–H groups in total. The topological polar surface area (TPSA) is 50.9 Å². The number of fused-ring (bicyclic) bond motifs is 1. The summed E-state index contributed by atoms with van der Waals surface area (Å²) in [5.41, 5.74) is 11.0. The highest BCUT2D eigenvalue weighted by Gasteiger charge is 2.35. The molecule has 1 fully saturated rings. The Morgan fingerprint density at radius 3 is 2.53 bits per heavy atom. The van der Waals surface area contributed by atoms with Crippen LogP contribution < -0.4 is 5.73 Å². The first kappa shape index (κ1) is 19.6. The van der Waals surface area contributed by atoms with Crippen LogP contribution >= 0.6 is 0 Å². The molecule has 2 aromatic rings. The summed E-state index contributed by atoms with van der Waals surface area (Å²) in [5, 5.41) is 0. The van der Waals surface area contributed by atoms with E-state index < -0.39 is 0 Å². The Hall–Kier alpha value is -2.40. The second-order valence-corrected chi connectivity index (χ2v) is 8.80. The fraction of sp³-hybridized carbons (Fsp3) is 0.480. The molecule has 2 aliphatic heterocycles.